The fourth-order valence-corrected chi connectivity index (χ4v) is 3.58. The van der Waals surface area contributed by atoms with Crippen LogP contribution in [-0.2, 0) is 4.79 Å². The fraction of sp³-hybridized carbons (Fsp3) is 0.143. The molecule has 2 heterocycles. The van der Waals surface area contributed by atoms with E-state index >= 15 is 0 Å². The van der Waals surface area contributed by atoms with Crippen molar-refractivity contribution in [1.29, 1.82) is 0 Å². The fourth-order valence-electron chi connectivity index (χ4n) is 2.74. The normalized spacial score (nSPS) is 13.7. The molecule has 0 spiro atoms. The number of carbonyl (C=O) groups is 1. The highest BCUT2D eigenvalue weighted by Crippen LogP contribution is 2.32. The van der Waals surface area contributed by atoms with Crippen molar-refractivity contribution < 1.29 is 14.3 Å². The van der Waals surface area contributed by atoms with Gasteiger partial charge < -0.3 is 14.8 Å². The quantitative estimate of drug-likeness (QED) is 0.667. The van der Waals surface area contributed by atoms with Gasteiger partial charge in [0.2, 0.25) is 12.7 Å². The first-order valence-electron chi connectivity index (χ1n) is 8.58. The van der Waals surface area contributed by atoms with Crippen molar-refractivity contribution >= 4 is 23.3 Å². The predicted molar refractivity (Wildman–Crippen MR) is 106 cm³/mol. The number of fused-ring (bicyclic) bond motifs is 1. The summed E-state index contributed by atoms with van der Waals surface area (Å²) in [6.45, 7) is 2.17. The highest BCUT2D eigenvalue weighted by atomic mass is 32.1. The summed E-state index contributed by atoms with van der Waals surface area (Å²) in [6.07, 6.45) is 3.26. The van der Waals surface area contributed by atoms with Crippen molar-refractivity contribution in [2.24, 2.45) is 0 Å². The lowest BCUT2D eigenvalue weighted by Gasteiger charge is -2.09. The first-order chi connectivity index (χ1) is 13.2. The second-order valence-electron chi connectivity index (χ2n) is 6.11. The largest absolute Gasteiger partial charge is 0.454 e. The van der Waals surface area contributed by atoms with Crippen molar-refractivity contribution in [3.8, 4) is 22.8 Å². The summed E-state index contributed by atoms with van der Waals surface area (Å²) in [5, 5.41) is 5.83. The molecule has 3 aromatic rings. The predicted octanol–water partition coefficient (Wildman–Crippen LogP) is 4.43. The van der Waals surface area contributed by atoms with Gasteiger partial charge in [0.15, 0.2) is 11.5 Å². The van der Waals surface area contributed by atoms with Gasteiger partial charge in [-0.15, -0.1) is 11.3 Å². The smallest absolute Gasteiger partial charge is 0.244 e. The molecule has 0 bridgehead atoms. The molecule has 0 radical (unpaired) electrons. The summed E-state index contributed by atoms with van der Waals surface area (Å²) in [5.41, 5.74) is 2.87. The van der Waals surface area contributed by atoms with Crippen molar-refractivity contribution in [1.82, 2.24) is 10.3 Å². The Hall–Kier alpha value is -3.12. The summed E-state index contributed by atoms with van der Waals surface area (Å²) in [5.74, 6) is 1.25. The molecule has 5 nitrogen and oxygen atoms in total. The molecular formula is C21H18N2O3S. The molecule has 1 aliphatic rings. The van der Waals surface area contributed by atoms with E-state index in [1.165, 1.54) is 6.08 Å². The highest BCUT2D eigenvalue weighted by Gasteiger charge is 2.14. The molecule has 1 aromatic heterocycles. The van der Waals surface area contributed by atoms with Crippen LogP contribution in [-0.4, -0.2) is 17.7 Å². The molecule has 0 fully saturated rings. The van der Waals surface area contributed by atoms with E-state index < -0.39 is 0 Å². The molecule has 1 aliphatic heterocycles. The van der Waals surface area contributed by atoms with Crippen molar-refractivity contribution in [2.45, 2.75) is 13.0 Å². The van der Waals surface area contributed by atoms with Crippen LogP contribution in [0.25, 0.3) is 17.3 Å². The van der Waals surface area contributed by atoms with Gasteiger partial charge in [0, 0.05) is 17.0 Å². The Balaban J connectivity index is 1.38. The van der Waals surface area contributed by atoms with Crippen LogP contribution in [0.1, 0.15) is 23.5 Å². The second kappa shape index (κ2) is 7.63. The van der Waals surface area contributed by atoms with Gasteiger partial charge in [-0.3, -0.25) is 4.79 Å². The molecule has 136 valence electrons. The lowest BCUT2D eigenvalue weighted by atomic mass is 10.2. The zero-order chi connectivity index (χ0) is 18.6. The summed E-state index contributed by atoms with van der Waals surface area (Å²) in [7, 11) is 0. The molecule has 6 heteroatoms. The number of aromatic nitrogens is 1. The summed E-state index contributed by atoms with van der Waals surface area (Å²) >= 11 is 1.54. The van der Waals surface area contributed by atoms with E-state index in [1.807, 2.05) is 60.8 Å². The monoisotopic (exact) mass is 378 g/mol. The van der Waals surface area contributed by atoms with Crippen LogP contribution < -0.4 is 14.8 Å². The minimum atomic E-state index is -0.170. The van der Waals surface area contributed by atoms with E-state index in [1.54, 1.807) is 17.4 Å². The third-order valence-electron chi connectivity index (χ3n) is 4.14. The summed E-state index contributed by atoms with van der Waals surface area (Å²) in [4.78, 5) is 16.9. The standard InChI is InChI=1S/C21H18N2O3S/c1-14(21-23-17(12-27-21)16-5-3-2-4-6-16)22-20(24)10-8-15-7-9-18-19(11-15)26-13-25-18/h2-12,14H,13H2,1H3,(H,22,24). The Morgan fingerprint density at radius 2 is 2.00 bits per heavy atom. The van der Waals surface area contributed by atoms with E-state index in [4.69, 9.17) is 9.47 Å². The molecule has 1 amide bonds. The van der Waals surface area contributed by atoms with Gasteiger partial charge in [-0.05, 0) is 30.7 Å². The molecule has 2 aromatic carbocycles. The molecule has 27 heavy (non-hydrogen) atoms. The van der Waals surface area contributed by atoms with Crippen LogP contribution in [0.3, 0.4) is 0 Å². The Bertz CT molecular complexity index is 982. The molecular weight excluding hydrogens is 360 g/mol. The van der Waals surface area contributed by atoms with E-state index in [-0.39, 0.29) is 18.7 Å². The van der Waals surface area contributed by atoms with Gasteiger partial charge in [0.25, 0.3) is 0 Å². The van der Waals surface area contributed by atoms with Crippen molar-refractivity contribution in [3.05, 3.63) is 70.6 Å². The number of nitrogens with one attached hydrogen (secondary N) is 1. The van der Waals surface area contributed by atoms with Gasteiger partial charge in [0.05, 0.1) is 11.7 Å². The maximum Gasteiger partial charge on any atom is 0.244 e. The molecule has 1 N–H and O–H groups in total. The van der Waals surface area contributed by atoms with Crippen LogP contribution in [0.5, 0.6) is 11.5 Å². The first kappa shape index (κ1) is 17.3. The average Bonchev–Trinajstić information content (AvgIpc) is 3.36. The van der Waals surface area contributed by atoms with E-state index in [0.717, 1.165) is 27.6 Å². The van der Waals surface area contributed by atoms with Gasteiger partial charge in [0.1, 0.15) is 5.01 Å². The van der Waals surface area contributed by atoms with Crippen molar-refractivity contribution in [3.63, 3.8) is 0 Å². The lowest BCUT2D eigenvalue weighted by Crippen LogP contribution is -2.24. The van der Waals surface area contributed by atoms with Crippen LogP contribution in [0, 0.1) is 0 Å². The maximum absolute atomic E-state index is 12.2. The minimum absolute atomic E-state index is 0.165. The van der Waals surface area contributed by atoms with E-state index in [2.05, 4.69) is 10.3 Å². The first-order valence-corrected chi connectivity index (χ1v) is 9.46. The number of benzene rings is 2. The SMILES string of the molecule is CC(NC(=O)C=Cc1ccc2c(c1)OCO2)c1nc(-c2ccccc2)cs1. The molecule has 1 atom stereocenters. The van der Waals surface area contributed by atoms with Crippen LogP contribution >= 0.6 is 11.3 Å². The van der Waals surface area contributed by atoms with E-state index in [9.17, 15) is 4.79 Å². The number of nitrogens with zero attached hydrogens (tertiary/aromatic N) is 1. The third kappa shape index (κ3) is 4.01. The molecule has 4 rings (SSSR count). The Labute approximate surface area is 161 Å². The van der Waals surface area contributed by atoms with Crippen LogP contribution in [0.15, 0.2) is 60.0 Å². The van der Waals surface area contributed by atoms with Crippen LogP contribution in [0.2, 0.25) is 0 Å². The van der Waals surface area contributed by atoms with Crippen LogP contribution in [0.4, 0.5) is 0 Å². The Kier molecular flexibility index (Phi) is 4.89. The van der Waals surface area contributed by atoms with Gasteiger partial charge in [-0.2, -0.15) is 0 Å². The average molecular weight is 378 g/mol. The highest BCUT2D eigenvalue weighted by molar-refractivity contribution is 7.10. The maximum atomic E-state index is 12.2. The van der Waals surface area contributed by atoms with Gasteiger partial charge >= 0.3 is 0 Å². The number of ether oxygens (including phenoxy) is 2. The summed E-state index contributed by atoms with van der Waals surface area (Å²) < 4.78 is 10.6. The Morgan fingerprint density at radius 1 is 1.19 bits per heavy atom. The van der Waals surface area contributed by atoms with Gasteiger partial charge in [-0.25, -0.2) is 4.98 Å². The number of carbonyl (C=O) groups excluding carboxylic acids is 1. The van der Waals surface area contributed by atoms with Crippen molar-refractivity contribution in [2.75, 3.05) is 6.79 Å². The summed E-state index contributed by atoms with van der Waals surface area (Å²) in [6, 6.07) is 15.4. The molecule has 0 saturated carbocycles. The number of thiazole rings is 1. The molecule has 0 saturated heterocycles. The van der Waals surface area contributed by atoms with Gasteiger partial charge in [-0.1, -0.05) is 36.4 Å². The lowest BCUT2D eigenvalue weighted by molar-refractivity contribution is -0.117. The molecule has 0 aliphatic carbocycles. The Morgan fingerprint density at radius 3 is 2.85 bits per heavy atom. The second-order valence-corrected chi connectivity index (χ2v) is 7.00. The number of amides is 1. The third-order valence-corrected chi connectivity index (χ3v) is 5.17. The number of hydrogen-bond donors (Lipinski definition) is 1. The topological polar surface area (TPSA) is 60.5 Å². The zero-order valence-electron chi connectivity index (χ0n) is 14.7. The van der Waals surface area contributed by atoms with E-state index in [0.29, 0.717) is 5.75 Å². The zero-order valence-corrected chi connectivity index (χ0v) is 15.5. The minimum Gasteiger partial charge on any atom is -0.454 e. The number of hydrogen-bond acceptors (Lipinski definition) is 5. The molecule has 1 unspecified atom stereocenters. The number of rotatable bonds is 5.